The SMILES string of the molecule is C[C@H]1CC(O)(c2ccc(C(F)(F)F)cc2)C[C@@H](C2COC=N2)N1. The average molecular weight is 328 g/mol. The highest BCUT2D eigenvalue weighted by molar-refractivity contribution is 5.49. The van der Waals surface area contributed by atoms with Crippen LogP contribution in [0.15, 0.2) is 29.3 Å². The lowest BCUT2D eigenvalue weighted by molar-refractivity contribution is -0.137. The van der Waals surface area contributed by atoms with Gasteiger partial charge >= 0.3 is 6.18 Å². The third-order valence-corrected chi connectivity index (χ3v) is 4.51. The summed E-state index contributed by atoms with van der Waals surface area (Å²) >= 11 is 0. The summed E-state index contributed by atoms with van der Waals surface area (Å²) in [6.07, 6.45) is -2.15. The van der Waals surface area contributed by atoms with Crippen LogP contribution in [0.5, 0.6) is 0 Å². The summed E-state index contributed by atoms with van der Waals surface area (Å²) in [5, 5.41) is 14.4. The molecule has 2 aliphatic rings. The van der Waals surface area contributed by atoms with Crippen LogP contribution in [0.2, 0.25) is 0 Å². The van der Waals surface area contributed by atoms with Gasteiger partial charge in [0.25, 0.3) is 0 Å². The van der Waals surface area contributed by atoms with Crippen molar-refractivity contribution in [1.82, 2.24) is 5.32 Å². The first-order valence-electron chi connectivity index (χ1n) is 7.57. The van der Waals surface area contributed by atoms with Crippen LogP contribution in [0.4, 0.5) is 13.2 Å². The molecule has 4 atom stereocenters. The molecule has 0 spiro atoms. The van der Waals surface area contributed by atoms with Gasteiger partial charge in [-0.2, -0.15) is 13.2 Å². The van der Waals surface area contributed by atoms with Crippen LogP contribution in [-0.2, 0) is 16.5 Å². The maximum absolute atomic E-state index is 12.7. The van der Waals surface area contributed by atoms with Crippen LogP contribution < -0.4 is 5.32 Å². The first-order chi connectivity index (χ1) is 10.8. The van der Waals surface area contributed by atoms with Gasteiger partial charge in [-0.15, -0.1) is 0 Å². The lowest BCUT2D eigenvalue weighted by atomic mass is 9.77. The molecule has 0 radical (unpaired) electrons. The minimum Gasteiger partial charge on any atom is -0.481 e. The van der Waals surface area contributed by atoms with Crippen molar-refractivity contribution in [3.63, 3.8) is 0 Å². The molecule has 23 heavy (non-hydrogen) atoms. The standard InChI is InChI=1S/C16H19F3N2O2/c1-10-6-15(22,7-13(21-10)14-8-23-9-20-14)11-2-4-12(5-3-11)16(17,18)19/h2-5,9-10,13-14,21-22H,6-8H2,1H3/t10-,13-,14?,15?/m0/s1. The van der Waals surface area contributed by atoms with Crippen LogP contribution in [-0.4, -0.2) is 36.2 Å². The molecular formula is C16H19F3N2O2. The Morgan fingerprint density at radius 1 is 1.26 bits per heavy atom. The predicted octanol–water partition coefficient (Wildman–Crippen LogP) is 2.46. The van der Waals surface area contributed by atoms with Crippen LogP contribution in [0.25, 0.3) is 0 Å². The number of hydrogen-bond acceptors (Lipinski definition) is 4. The summed E-state index contributed by atoms with van der Waals surface area (Å²) in [6.45, 7) is 2.40. The van der Waals surface area contributed by atoms with E-state index in [0.29, 0.717) is 25.0 Å². The number of halogens is 3. The first-order valence-corrected chi connectivity index (χ1v) is 7.57. The van der Waals surface area contributed by atoms with Gasteiger partial charge < -0.3 is 15.2 Å². The molecular weight excluding hydrogens is 309 g/mol. The number of nitrogens with one attached hydrogen (secondary N) is 1. The number of ether oxygens (including phenoxy) is 1. The van der Waals surface area contributed by atoms with E-state index in [0.717, 1.165) is 12.1 Å². The van der Waals surface area contributed by atoms with Crippen molar-refractivity contribution in [3.8, 4) is 0 Å². The van der Waals surface area contributed by atoms with Crippen molar-refractivity contribution in [2.24, 2.45) is 4.99 Å². The molecule has 4 nitrogen and oxygen atoms in total. The maximum atomic E-state index is 12.7. The van der Waals surface area contributed by atoms with E-state index in [1.54, 1.807) is 0 Å². The molecule has 1 aromatic carbocycles. The molecule has 0 bridgehead atoms. The minimum atomic E-state index is -4.37. The predicted molar refractivity (Wildman–Crippen MR) is 79.2 cm³/mol. The van der Waals surface area contributed by atoms with Crippen LogP contribution in [0.1, 0.15) is 30.9 Å². The van der Waals surface area contributed by atoms with Gasteiger partial charge in [0, 0.05) is 12.1 Å². The molecule has 1 saturated heterocycles. The Hall–Kier alpha value is -1.60. The Bertz CT molecular complexity index is 588. The van der Waals surface area contributed by atoms with Gasteiger partial charge in [0.15, 0.2) is 6.40 Å². The first kappa shape index (κ1) is 16.3. The van der Waals surface area contributed by atoms with Crippen molar-refractivity contribution >= 4 is 6.40 Å². The molecule has 3 rings (SSSR count). The van der Waals surface area contributed by atoms with Gasteiger partial charge in [-0.05, 0) is 37.5 Å². The molecule has 7 heteroatoms. The average Bonchev–Trinajstić information content (AvgIpc) is 3.00. The van der Waals surface area contributed by atoms with Gasteiger partial charge in [-0.3, -0.25) is 0 Å². The number of nitrogens with zero attached hydrogens (tertiary/aromatic N) is 1. The van der Waals surface area contributed by atoms with Crippen LogP contribution >= 0.6 is 0 Å². The van der Waals surface area contributed by atoms with E-state index in [2.05, 4.69) is 10.3 Å². The minimum absolute atomic E-state index is 0.0249. The Labute approximate surface area is 132 Å². The molecule has 0 amide bonds. The number of hydrogen-bond donors (Lipinski definition) is 2. The van der Waals surface area contributed by atoms with E-state index >= 15 is 0 Å². The fourth-order valence-corrected chi connectivity index (χ4v) is 3.42. The van der Waals surface area contributed by atoms with Crippen molar-refractivity contribution in [3.05, 3.63) is 35.4 Å². The fraction of sp³-hybridized carbons (Fsp3) is 0.562. The summed E-state index contributed by atoms with van der Waals surface area (Å²) < 4.78 is 43.2. The molecule has 0 aromatic heterocycles. The third-order valence-electron chi connectivity index (χ3n) is 4.51. The lowest BCUT2D eigenvalue weighted by Crippen LogP contribution is -2.55. The van der Waals surface area contributed by atoms with Crippen LogP contribution in [0, 0.1) is 0 Å². The summed E-state index contributed by atoms with van der Waals surface area (Å²) in [5.41, 5.74) is -1.37. The van der Waals surface area contributed by atoms with Gasteiger partial charge in [0.1, 0.15) is 12.6 Å². The molecule has 1 aromatic rings. The number of alkyl halides is 3. The smallest absolute Gasteiger partial charge is 0.416 e. The topological polar surface area (TPSA) is 53.9 Å². The summed E-state index contributed by atoms with van der Waals surface area (Å²) in [5.74, 6) is 0. The van der Waals surface area contributed by atoms with E-state index in [-0.39, 0.29) is 18.1 Å². The van der Waals surface area contributed by atoms with E-state index < -0.39 is 17.3 Å². The van der Waals surface area contributed by atoms with E-state index in [9.17, 15) is 18.3 Å². The number of rotatable bonds is 2. The van der Waals surface area contributed by atoms with Crippen LogP contribution in [0.3, 0.4) is 0 Å². The molecule has 126 valence electrons. The second-order valence-corrected chi connectivity index (χ2v) is 6.34. The number of piperidine rings is 1. The monoisotopic (exact) mass is 328 g/mol. The molecule has 1 fully saturated rings. The number of aliphatic imine (C=N–C) groups is 1. The zero-order chi connectivity index (χ0) is 16.7. The fourth-order valence-electron chi connectivity index (χ4n) is 3.42. The second-order valence-electron chi connectivity index (χ2n) is 6.34. The van der Waals surface area contributed by atoms with Gasteiger partial charge in [-0.25, -0.2) is 4.99 Å². The largest absolute Gasteiger partial charge is 0.481 e. The highest BCUT2D eigenvalue weighted by Gasteiger charge is 2.42. The zero-order valence-corrected chi connectivity index (χ0v) is 12.7. The van der Waals surface area contributed by atoms with Gasteiger partial charge in [0.2, 0.25) is 0 Å². The van der Waals surface area contributed by atoms with Crippen molar-refractivity contribution in [2.45, 2.75) is 49.7 Å². The molecule has 2 unspecified atom stereocenters. The Morgan fingerprint density at radius 2 is 1.96 bits per heavy atom. The van der Waals surface area contributed by atoms with Gasteiger partial charge in [0.05, 0.1) is 11.2 Å². The molecule has 2 N–H and O–H groups in total. The molecule has 2 heterocycles. The van der Waals surface area contributed by atoms with E-state index in [1.807, 2.05) is 6.92 Å². The summed E-state index contributed by atoms with van der Waals surface area (Å²) in [7, 11) is 0. The summed E-state index contributed by atoms with van der Waals surface area (Å²) in [6, 6.07) is 4.64. The van der Waals surface area contributed by atoms with Crippen molar-refractivity contribution in [2.75, 3.05) is 6.61 Å². The molecule has 0 aliphatic carbocycles. The van der Waals surface area contributed by atoms with Crippen molar-refractivity contribution < 1.29 is 23.0 Å². The molecule has 2 aliphatic heterocycles. The highest BCUT2D eigenvalue weighted by atomic mass is 19.4. The molecule has 0 saturated carbocycles. The third kappa shape index (κ3) is 3.35. The zero-order valence-electron chi connectivity index (χ0n) is 12.7. The quantitative estimate of drug-likeness (QED) is 0.877. The second kappa shape index (κ2) is 5.79. The number of aliphatic hydroxyl groups is 1. The normalized spacial score (nSPS) is 34.4. The van der Waals surface area contributed by atoms with E-state index in [1.165, 1.54) is 18.5 Å². The van der Waals surface area contributed by atoms with E-state index in [4.69, 9.17) is 4.74 Å². The van der Waals surface area contributed by atoms with Gasteiger partial charge in [-0.1, -0.05) is 12.1 Å². The Morgan fingerprint density at radius 3 is 2.52 bits per heavy atom. The Balaban J connectivity index is 1.83. The number of benzene rings is 1. The van der Waals surface area contributed by atoms with Crippen molar-refractivity contribution in [1.29, 1.82) is 0 Å². The maximum Gasteiger partial charge on any atom is 0.416 e. The lowest BCUT2D eigenvalue weighted by Gasteiger charge is -2.42. The highest BCUT2D eigenvalue weighted by Crippen LogP contribution is 2.38. The Kier molecular flexibility index (Phi) is 4.10. The summed E-state index contributed by atoms with van der Waals surface area (Å²) in [4.78, 5) is 4.23.